The number of halogens is 3. The second-order valence-corrected chi connectivity index (χ2v) is 9.24. The van der Waals surface area contributed by atoms with Crippen LogP contribution in [-0.2, 0) is 9.59 Å². The number of nitrogens with one attached hydrogen (secondary N) is 2. The maximum Gasteiger partial charge on any atom is 0.283 e. The van der Waals surface area contributed by atoms with Crippen LogP contribution in [0.2, 0.25) is 5.02 Å². The van der Waals surface area contributed by atoms with E-state index in [0.29, 0.717) is 16.9 Å². The van der Waals surface area contributed by atoms with Crippen LogP contribution < -0.4 is 15.5 Å². The molecule has 0 saturated carbocycles. The van der Waals surface area contributed by atoms with Gasteiger partial charge < -0.3 is 10.6 Å². The summed E-state index contributed by atoms with van der Waals surface area (Å²) in [6.07, 6.45) is 0. The van der Waals surface area contributed by atoms with Gasteiger partial charge in [-0.2, -0.15) is 0 Å². The number of nitrogens with zero attached hydrogens (tertiary/aromatic N) is 1. The van der Waals surface area contributed by atoms with Gasteiger partial charge in [-0.25, -0.2) is 4.90 Å². The summed E-state index contributed by atoms with van der Waals surface area (Å²) in [4.78, 5) is 39.3. The van der Waals surface area contributed by atoms with Crippen molar-refractivity contribution in [2.75, 3.05) is 15.5 Å². The molecule has 0 radical (unpaired) electrons. The largest absolute Gasteiger partial charge is 0.350 e. The molecule has 3 amide bonds. The normalized spacial score (nSPS) is 13.5. The molecule has 3 aromatic carbocycles. The first-order valence-corrected chi connectivity index (χ1v) is 11.6. The topological polar surface area (TPSA) is 78.5 Å². The zero-order valence-electron chi connectivity index (χ0n) is 17.2. The summed E-state index contributed by atoms with van der Waals surface area (Å²) in [5.74, 6) is -1.63. The SMILES string of the molecule is Cc1cc(I)ccc1NC(=O)c1cccc(NC2=C(Cl)C(=O)N(c3ccccc3Cl)C2=O)c1. The number of hydrogen-bond donors (Lipinski definition) is 2. The molecule has 0 saturated heterocycles. The Labute approximate surface area is 213 Å². The molecule has 33 heavy (non-hydrogen) atoms. The highest BCUT2D eigenvalue weighted by atomic mass is 127. The van der Waals surface area contributed by atoms with Gasteiger partial charge in [-0.05, 0) is 83.6 Å². The van der Waals surface area contributed by atoms with Crippen molar-refractivity contribution in [3.05, 3.63) is 97.2 Å². The number of hydrogen-bond acceptors (Lipinski definition) is 4. The van der Waals surface area contributed by atoms with E-state index in [2.05, 4.69) is 33.2 Å². The molecule has 6 nitrogen and oxygen atoms in total. The Morgan fingerprint density at radius 2 is 1.70 bits per heavy atom. The number of carbonyl (C=O) groups is 3. The molecule has 0 fully saturated rings. The molecule has 9 heteroatoms. The van der Waals surface area contributed by atoms with Gasteiger partial charge in [-0.15, -0.1) is 0 Å². The molecule has 0 spiro atoms. The first-order valence-electron chi connectivity index (χ1n) is 9.74. The first kappa shape index (κ1) is 23.3. The van der Waals surface area contributed by atoms with Crippen LogP contribution in [-0.4, -0.2) is 17.7 Å². The maximum absolute atomic E-state index is 13.0. The smallest absolute Gasteiger partial charge is 0.283 e. The average Bonchev–Trinajstić information content (AvgIpc) is 2.99. The molecule has 4 rings (SSSR count). The van der Waals surface area contributed by atoms with E-state index in [0.717, 1.165) is 14.0 Å². The summed E-state index contributed by atoms with van der Waals surface area (Å²) in [5.41, 5.74) is 2.59. The summed E-state index contributed by atoms with van der Waals surface area (Å²) in [5, 5.41) is 5.75. The third-order valence-corrected chi connectivity index (χ3v) is 6.29. The van der Waals surface area contributed by atoms with Crippen LogP contribution in [0.3, 0.4) is 0 Å². The van der Waals surface area contributed by atoms with E-state index in [1.165, 1.54) is 0 Å². The van der Waals surface area contributed by atoms with E-state index < -0.39 is 11.8 Å². The fourth-order valence-electron chi connectivity index (χ4n) is 3.31. The van der Waals surface area contributed by atoms with Crippen molar-refractivity contribution >= 4 is 80.6 Å². The van der Waals surface area contributed by atoms with Crippen LogP contribution in [0.1, 0.15) is 15.9 Å². The summed E-state index contributed by atoms with van der Waals surface area (Å²) < 4.78 is 1.07. The number of para-hydroxylation sites is 1. The molecule has 0 unspecified atom stereocenters. The predicted molar refractivity (Wildman–Crippen MR) is 139 cm³/mol. The van der Waals surface area contributed by atoms with Gasteiger partial charge in [0.15, 0.2) is 0 Å². The fourth-order valence-corrected chi connectivity index (χ4v) is 4.39. The van der Waals surface area contributed by atoms with Gasteiger partial charge in [0.05, 0.1) is 10.7 Å². The highest BCUT2D eigenvalue weighted by molar-refractivity contribution is 14.1. The minimum atomic E-state index is -0.680. The highest BCUT2D eigenvalue weighted by Crippen LogP contribution is 2.34. The number of rotatable bonds is 5. The summed E-state index contributed by atoms with van der Waals surface area (Å²) >= 11 is 14.6. The van der Waals surface area contributed by atoms with Crippen LogP contribution in [0.25, 0.3) is 0 Å². The fraction of sp³-hybridized carbons (Fsp3) is 0.0417. The minimum absolute atomic E-state index is 0.0902. The van der Waals surface area contributed by atoms with Crippen LogP contribution in [0.4, 0.5) is 17.1 Å². The van der Waals surface area contributed by atoms with E-state index in [-0.39, 0.29) is 27.3 Å². The van der Waals surface area contributed by atoms with E-state index in [1.54, 1.807) is 48.5 Å². The molecule has 1 aliphatic rings. The van der Waals surface area contributed by atoms with Crippen molar-refractivity contribution in [2.45, 2.75) is 6.92 Å². The number of carbonyl (C=O) groups excluding carboxylic acids is 3. The summed E-state index contributed by atoms with van der Waals surface area (Å²) in [6, 6.07) is 18.8. The Kier molecular flexibility index (Phi) is 6.73. The molecule has 1 heterocycles. The Morgan fingerprint density at radius 3 is 2.42 bits per heavy atom. The van der Waals surface area contributed by atoms with Gasteiger partial charge in [0.25, 0.3) is 17.7 Å². The average molecular weight is 592 g/mol. The number of imide groups is 1. The summed E-state index contributed by atoms with van der Waals surface area (Å²) in [6.45, 7) is 1.91. The van der Waals surface area contributed by atoms with E-state index in [1.807, 2.05) is 25.1 Å². The highest BCUT2D eigenvalue weighted by Gasteiger charge is 2.39. The Hall–Kier alpha value is -2.88. The van der Waals surface area contributed by atoms with Crippen molar-refractivity contribution in [1.82, 2.24) is 0 Å². The lowest BCUT2D eigenvalue weighted by Gasteiger charge is -2.16. The quantitative estimate of drug-likeness (QED) is 0.284. The molecule has 166 valence electrons. The van der Waals surface area contributed by atoms with Gasteiger partial charge in [0.2, 0.25) is 0 Å². The third-order valence-electron chi connectivity index (χ3n) is 4.95. The lowest BCUT2D eigenvalue weighted by Crippen LogP contribution is -2.32. The van der Waals surface area contributed by atoms with E-state index in [9.17, 15) is 14.4 Å². The van der Waals surface area contributed by atoms with Gasteiger partial charge in [0, 0.05) is 20.5 Å². The predicted octanol–water partition coefficient (Wildman–Crippen LogP) is 5.94. The van der Waals surface area contributed by atoms with Crippen molar-refractivity contribution in [3.8, 4) is 0 Å². The van der Waals surface area contributed by atoms with Gasteiger partial charge in [-0.3, -0.25) is 14.4 Å². The first-order chi connectivity index (χ1) is 15.8. The lowest BCUT2D eigenvalue weighted by molar-refractivity contribution is -0.120. The Morgan fingerprint density at radius 1 is 0.939 bits per heavy atom. The Bertz CT molecular complexity index is 1340. The van der Waals surface area contributed by atoms with Crippen LogP contribution >= 0.6 is 45.8 Å². The number of benzene rings is 3. The van der Waals surface area contributed by atoms with Gasteiger partial charge in [0.1, 0.15) is 10.7 Å². The molecule has 0 atom stereocenters. The molecule has 0 aromatic heterocycles. The second kappa shape index (κ2) is 9.54. The zero-order chi connectivity index (χ0) is 23.7. The van der Waals surface area contributed by atoms with Crippen LogP contribution in [0.15, 0.2) is 77.5 Å². The number of anilines is 3. The van der Waals surface area contributed by atoms with Crippen LogP contribution in [0.5, 0.6) is 0 Å². The molecular weight excluding hydrogens is 576 g/mol. The van der Waals surface area contributed by atoms with Gasteiger partial charge in [-0.1, -0.05) is 41.4 Å². The molecular formula is C24H16Cl2IN3O3. The van der Waals surface area contributed by atoms with Crippen molar-refractivity contribution in [3.63, 3.8) is 0 Å². The minimum Gasteiger partial charge on any atom is -0.350 e. The van der Waals surface area contributed by atoms with Crippen molar-refractivity contribution in [2.24, 2.45) is 0 Å². The lowest BCUT2D eigenvalue weighted by atomic mass is 10.1. The second-order valence-electron chi connectivity index (χ2n) is 7.21. The van der Waals surface area contributed by atoms with E-state index >= 15 is 0 Å². The monoisotopic (exact) mass is 591 g/mol. The zero-order valence-corrected chi connectivity index (χ0v) is 20.8. The van der Waals surface area contributed by atoms with E-state index in [4.69, 9.17) is 23.2 Å². The molecule has 0 bridgehead atoms. The molecule has 1 aliphatic heterocycles. The summed E-state index contributed by atoms with van der Waals surface area (Å²) in [7, 11) is 0. The van der Waals surface area contributed by atoms with Gasteiger partial charge >= 0.3 is 0 Å². The van der Waals surface area contributed by atoms with Crippen LogP contribution in [0, 0.1) is 10.5 Å². The third kappa shape index (κ3) is 4.75. The molecule has 3 aromatic rings. The standard InChI is InChI=1S/C24H16Cl2IN3O3/c1-13-11-15(27)9-10-18(13)29-22(31)14-5-4-6-16(12-14)28-21-20(26)23(32)30(24(21)33)19-8-3-2-7-17(19)25/h2-12,28H,1H3,(H,29,31). The number of aryl methyl sites for hydroxylation is 1. The molecule has 0 aliphatic carbocycles. The number of amides is 3. The molecule has 2 N–H and O–H groups in total. The Balaban J connectivity index is 1.56. The maximum atomic E-state index is 13.0. The van der Waals surface area contributed by atoms with Crippen molar-refractivity contribution in [1.29, 1.82) is 0 Å². The van der Waals surface area contributed by atoms with Crippen molar-refractivity contribution < 1.29 is 14.4 Å².